The number of nitrogens with one attached hydrogen (secondary N) is 1. The van der Waals surface area contributed by atoms with E-state index in [9.17, 15) is 17.2 Å². The maximum atomic E-state index is 13.6. The normalized spacial score (nSPS) is 11.4. The van der Waals surface area contributed by atoms with Gasteiger partial charge in [-0.15, -0.1) is 0 Å². The number of hydrogen-bond acceptors (Lipinski definition) is 3. The maximum Gasteiger partial charge on any atom is 0.264 e. The Morgan fingerprint density at radius 1 is 1.19 bits per heavy atom. The Labute approximate surface area is 121 Å². The molecule has 0 aliphatic heterocycles. The molecule has 0 heterocycles. The van der Waals surface area contributed by atoms with Gasteiger partial charge >= 0.3 is 0 Å². The van der Waals surface area contributed by atoms with Gasteiger partial charge in [0.2, 0.25) is 0 Å². The lowest BCUT2D eigenvalue weighted by Crippen LogP contribution is -2.17. The van der Waals surface area contributed by atoms with E-state index in [4.69, 9.17) is 5.73 Å². The molecule has 0 saturated heterocycles. The van der Waals surface area contributed by atoms with Crippen LogP contribution >= 0.6 is 0 Å². The standard InChI is InChI=1S/C14H14F2N2O2S/c1-9-3-2-4-13(11(9)8-17)18-21(19,20)14-7-10(15)5-6-12(14)16/h2-7,18H,8,17H2,1H3. The van der Waals surface area contributed by atoms with Crippen LogP contribution in [-0.2, 0) is 16.6 Å². The molecule has 2 aromatic rings. The summed E-state index contributed by atoms with van der Waals surface area (Å²) in [6.07, 6.45) is 0. The lowest BCUT2D eigenvalue weighted by atomic mass is 10.1. The molecular weight excluding hydrogens is 298 g/mol. The second-order valence-electron chi connectivity index (χ2n) is 4.49. The van der Waals surface area contributed by atoms with Crippen LogP contribution in [0.1, 0.15) is 11.1 Å². The summed E-state index contributed by atoms with van der Waals surface area (Å²) in [6.45, 7) is 1.90. The molecular formula is C14H14F2N2O2S. The maximum absolute atomic E-state index is 13.6. The van der Waals surface area contributed by atoms with E-state index in [1.807, 2.05) is 0 Å². The number of anilines is 1. The minimum absolute atomic E-state index is 0.121. The predicted octanol–water partition coefficient (Wildman–Crippen LogP) is 2.53. The van der Waals surface area contributed by atoms with Crippen molar-refractivity contribution in [3.05, 3.63) is 59.2 Å². The van der Waals surface area contributed by atoms with Gasteiger partial charge in [0.25, 0.3) is 10.0 Å². The van der Waals surface area contributed by atoms with Gasteiger partial charge in [-0.25, -0.2) is 17.2 Å². The average molecular weight is 312 g/mol. The zero-order valence-electron chi connectivity index (χ0n) is 11.2. The van der Waals surface area contributed by atoms with Gasteiger partial charge < -0.3 is 5.73 Å². The molecule has 2 aromatic carbocycles. The van der Waals surface area contributed by atoms with Crippen molar-refractivity contribution in [2.75, 3.05) is 4.72 Å². The summed E-state index contributed by atoms with van der Waals surface area (Å²) in [7, 11) is -4.24. The highest BCUT2D eigenvalue weighted by Gasteiger charge is 2.21. The summed E-state index contributed by atoms with van der Waals surface area (Å²) < 4.78 is 53.4. The molecule has 0 fully saturated rings. The molecule has 2 rings (SSSR count). The van der Waals surface area contributed by atoms with Crippen LogP contribution in [0.5, 0.6) is 0 Å². The van der Waals surface area contributed by atoms with Crippen molar-refractivity contribution in [3.8, 4) is 0 Å². The van der Waals surface area contributed by atoms with Crippen LogP contribution in [0.2, 0.25) is 0 Å². The quantitative estimate of drug-likeness (QED) is 0.911. The summed E-state index contributed by atoms with van der Waals surface area (Å²) in [6, 6.07) is 7.20. The molecule has 0 aromatic heterocycles. The first-order valence-corrected chi connectivity index (χ1v) is 7.60. The first kappa shape index (κ1) is 15.4. The Kier molecular flexibility index (Phi) is 4.24. The van der Waals surface area contributed by atoms with E-state index in [1.165, 1.54) is 6.07 Å². The van der Waals surface area contributed by atoms with Crippen molar-refractivity contribution in [2.24, 2.45) is 5.73 Å². The van der Waals surface area contributed by atoms with Gasteiger partial charge in [0.15, 0.2) is 0 Å². The van der Waals surface area contributed by atoms with Crippen molar-refractivity contribution in [1.82, 2.24) is 0 Å². The third kappa shape index (κ3) is 3.20. The van der Waals surface area contributed by atoms with Crippen molar-refractivity contribution in [3.63, 3.8) is 0 Å². The Hall–Kier alpha value is -1.99. The van der Waals surface area contributed by atoms with E-state index in [1.54, 1.807) is 19.1 Å². The number of aryl methyl sites for hydroxylation is 1. The van der Waals surface area contributed by atoms with Crippen LogP contribution in [-0.4, -0.2) is 8.42 Å². The van der Waals surface area contributed by atoms with Crippen LogP contribution < -0.4 is 10.5 Å². The average Bonchev–Trinajstić information content (AvgIpc) is 2.41. The molecule has 0 amide bonds. The van der Waals surface area contributed by atoms with Gasteiger partial charge in [-0.05, 0) is 42.3 Å². The van der Waals surface area contributed by atoms with Gasteiger partial charge in [0, 0.05) is 6.54 Å². The van der Waals surface area contributed by atoms with Gasteiger partial charge in [-0.2, -0.15) is 0 Å². The lowest BCUT2D eigenvalue weighted by Gasteiger charge is -2.14. The van der Waals surface area contributed by atoms with Crippen molar-refractivity contribution < 1.29 is 17.2 Å². The number of halogens is 2. The minimum Gasteiger partial charge on any atom is -0.326 e. The van der Waals surface area contributed by atoms with Crippen molar-refractivity contribution in [2.45, 2.75) is 18.4 Å². The van der Waals surface area contributed by atoms with Crippen LogP contribution in [0.4, 0.5) is 14.5 Å². The zero-order chi connectivity index (χ0) is 15.6. The van der Waals surface area contributed by atoms with Crippen LogP contribution in [0, 0.1) is 18.6 Å². The fourth-order valence-electron chi connectivity index (χ4n) is 1.95. The zero-order valence-corrected chi connectivity index (χ0v) is 12.0. The first-order valence-electron chi connectivity index (χ1n) is 6.11. The summed E-state index contributed by atoms with van der Waals surface area (Å²) in [5.74, 6) is -1.86. The summed E-state index contributed by atoms with van der Waals surface area (Å²) in [5, 5.41) is 0. The van der Waals surface area contributed by atoms with E-state index in [-0.39, 0.29) is 12.2 Å². The lowest BCUT2D eigenvalue weighted by molar-refractivity contribution is 0.555. The van der Waals surface area contributed by atoms with Crippen LogP contribution in [0.25, 0.3) is 0 Å². The molecule has 0 saturated carbocycles. The van der Waals surface area contributed by atoms with Gasteiger partial charge in [0.1, 0.15) is 16.5 Å². The highest BCUT2D eigenvalue weighted by molar-refractivity contribution is 7.92. The second kappa shape index (κ2) is 5.79. The highest BCUT2D eigenvalue weighted by Crippen LogP contribution is 2.24. The molecule has 0 atom stereocenters. The monoisotopic (exact) mass is 312 g/mol. The number of hydrogen-bond donors (Lipinski definition) is 2. The molecule has 0 unspecified atom stereocenters. The first-order chi connectivity index (χ1) is 9.85. The van der Waals surface area contributed by atoms with Gasteiger partial charge in [-0.1, -0.05) is 12.1 Å². The number of rotatable bonds is 4. The van der Waals surface area contributed by atoms with E-state index < -0.39 is 26.6 Å². The summed E-state index contributed by atoms with van der Waals surface area (Å²) >= 11 is 0. The van der Waals surface area contributed by atoms with Crippen LogP contribution in [0.15, 0.2) is 41.3 Å². The fourth-order valence-corrected chi connectivity index (χ4v) is 3.13. The summed E-state index contributed by atoms with van der Waals surface area (Å²) in [5.41, 5.74) is 7.24. The Morgan fingerprint density at radius 2 is 1.90 bits per heavy atom. The Bertz CT molecular complexity index is 777. The Balaban J connectivity index is 2.47. The predicted molar refractivity (Wildman–Crippen MR) is 76.2 cm³/mol. The third-order valence-corrected chi connectivity index (χ3v) is 4.42. The third-order valence-electron chi connectivity index (χ3n) is 3.04. The molecule has 0 spiro atoms. The molecule has 7 heteroatoms. The van der Waals surface area contributed by atoms with Crippen molar-refractivity contribution in [1.29, 1.82) is 0 Å². The SMILES string of the molecule is Cc1cccc(NS(=O)(=O)c2cc(F)ccc2F)c1CN. The van der Waals surface area contributed by atoms with Crippen LogP contribution in [0.3, 0.4) is 0 Å². The molecule has 0 radical (unpaired) electrons. The molecule has 4 nitrogen and oxygen atoms in total. The molecule has 0 aliphatic carbocycles. The number of nitrogens with two attached hydrogens (primary N) is 1. The smallest absolute Gasteiger partial charge is 0.264 e. The van der Waals surface area contributed by atoms with E-state index >= 15 is 0 Å². The largest absolute Gasteiger partial charge is 0.326 e. The molecule has 0 bridgehead atoms. The number of sulfonamides is 1. The van der Waals surface area contributed by atoms with E-state index in [2.05, 4.69) is 4.72 Å². The Morgan fingerprint density at radius 3 is 2.57 bits per heavy atom. The van der Waals surface area contributed by atoms with E-state index in [0.29, 0.717) is 11.6 Å². The molecule has 21 heavy (non-hydrogen) atoms. The second-order valence-corrected chi connectivity index (χ2v) is 6.14. The molecule has 3 N–H and O–H groups in total. The highest BCUT2D eigenvalue weighted by atomic mass is 32.2. The summed E-state index contributed by atoms with van der Waals surface area (Å²) in [4.78, 5) is -0.744. The van der Waals surface area contributed by atoms with E-state index in [0.717, 1.165) is 17.7 Å². The minimum atomic E-state index is -4.24. The fraction of sp³-hybridized carbons (Fsp3) is 0.143. The molecule has 112 valence electrons. The van der Waals surface area contributed by atoms with Gasteiger partial charge in [-0.3, -0.25) is 4.72 Å². The number of benzene rings is 2. The van der Waals surface area contributed by atoms with Gasteiger partial charge in [0.05, 0.1) is 5.69 Å². The molecule has 0 aliphatic rings. The topological polar surface area (TPSA) is 72.2 Å². The van der Waals surface area contributed by atoms with Crippen molar-refractivity contribution >= 4 is 15.7 Å².